The SMILES string of the molecule is COC(=O)c1ccc(CN(Cc2nc3ccccc3n2C(=O)O)C2CCCc3cccnc32)c(CN)c1. The lowest BCUT2D eigenvalue weighted by Gasteiger charge is -2.35. The minimum absolute atomic E-state index is 0.0297. The number of esters is 1. The lowest BCUT2D eigenvalue weighted by atomic mass is 9.90. The molecule has 0 spiro atoms. The van der Waals surface area contributed by atoms with E-state index in [1.807, 2.05) is 30.3 Å². The number of pyridine rings is 1. The molecule has 1 unspecified atom stereocenters. The largest absolute Gasteiger partial charge is 0.465 e. The number of nitrogens with zero attached hydrogens (tertiary/aromatic N) is 4. The smallest absolute Gasteiger partial charge is 0.417 e. The van der Waals surface area contributed by atoms with E-state index in [4.69, 9.17) is 20.4 Å². The minimum Gasteiger partial charge on any atom is -0.465 e. The van der Waals surface area contributed by atoms with E-state index >= 15 is 0 Å². The summed E-state index contributed by atoms with van der Waals surface area (Å²) in [6.45, 7) is 1.03. The number of carbonyl (C=O) groups is 2. The van der Waals surface area contributed by atoms with Gasteiger partial charge < -0.3 is 15.6 Å². The molecule has 0 bridgehead atoms. The number of hydrogen-bond acceptors (Lipinski definition) is 7. The number of rotatable bonds is 7. The number of ether oxygens (including phenoxy) is 1. The van der Waals surface area contributed by atoms with Gasteiger partial charge >= 0.3 is 12.1 Å². The van der Waals surface area contributed by atoms with E-state index in [-0.39, 0.29) is 12.6 Å². The number of aryl methyl sites for hydroxylation is 1. The summed E-state index contributed by atoms with van der Waals surface area (Å²) in [5.41, 5.74) is 11.7. The van der Waals surface area contributed by atoms with Crippen molar-refractivity contribution in [1.29, 1.82) is 0 Å². The highest BCUT2D eigenvalue weighted by Crippen LogP contribution is 2.35. The van der Waals surface area contributed by atoms with Gasteiger partial charge in [-0.25, -0.2) is 19.1 Å². The third-order valence-corrected chi connectivity index (χ3v) is 6.99. The van der Waals surface area contributed by atoms with E-state index in [1.165, 1.54) is 17.2 Å². The van der Waals surface area contributed by atoms with Crippen molar-refractivity contribution in [1.82, 2.24) is 19.4 Å². The number of methoxy groups -OCH3 is 1. The van der Waals surface area contributed by atoms with Crippen LogP contribution in [0.3, 0.4) is 0 Å². The Morgan fingerprint density at radius 1 is 1.14 bits per heavy atom. The van der Waals surface area contributed by atoms with Gasteiger partial charge in [0.2, 0.25) is 0 Å². The number of nitrogens with two attached hydrogens (primary N) is 1. The van der Waals surface area contributed by atoms with Crippen LogP contribution >= 0.6 is 0 Å². The Kier molecular flexibility index (Phi) is 6.98. The summed E-state index contributed by atoms with van der Waals surface area (Å²) in [6.07, 6.45) is 3.58. The fourth-order valence-electron chi connectivity index (χ4n) is 5.23. The van der Waals surface area contributed by atoms with Crippen molar-refractivity contribution < 1.29 is 19.4 Å². The molecule has 9 heteroatoms. The first-order valence-corrected chi connectivity index (χ1v) is 12.3. The van der Waals surface area contributed by atoms with Crippen LogP contribution in [0.4, 0.5) is 4.79 Å². The number of para-hydroxylation sites is 2. The molecule has 2 heterocycles. The Bertz CT molecular complexity index is 1460. The van der Waals surface area contributed by atoms with Gasteiger partial charge in [0.1, 0.15) is 5.82 Å². The number of hydrogen-bond donors (Lipinski definition) is 2. The van der Waals surface area contributed by atoms with Crippen LogP contribution in [-0.4, -0.2) is 43.7 Å². The molecule has 0 fully saturated rings. The molecule has 0 radical (unpaired) electrons. The summed E-state index contributed by atoms with van der Waals surface area (Å²) >= 11 is 0. The Balaban J connectivity index is 1.58. The molecule has 5 rings (SSSR count). The van der Waals surface area contributed by atoms with Crippen molar-refractivity contribution in [3.8, 4) is 0 Å². The average molecular weight is 500 g/mol. The van der Waals surface area contributed by atoms with Gasteiger partial charge in [-0.05, 0) is 66.3 Å². The van der Waals surface area contributed by atoms with Gasteiger partial charge in [0.15, 0.2) is 0 Å². The number of aromatic nitrogens is 3. The Morgan fingerprint density at radius 2 is 1.97 bits per heavy atom. The summed E-state index contributed by atoms with van der Waals surface area (Å²) in [4.78, 5) is 36.0. The van der Waals surface area contributed by atoms with Gasteiger partial charge in [0.25, 0.3) is 0 Å². The molecule has 1 aliphatic carbocycles. The molecule has 4 aromatic rings. The first kappa shape index (κ1) is 24.6. The van der Waals surface area contributed by atoms with Crippen molar-refractivity contribution in [3.05, 3.63) is 94.6 Å². The van der Waals surface area contributed by atoms with E-state index in [0.29, 0.717) is 35.5 Å². The third kappa shape index (κ3) is 4.83. The normalized spacial score (nSPS) is 15.1. The minimum atomic E-state index is -1.07. The van der Waals surface area contributed by atoms with Crippen LogP contribution in [-0.2, 0) is 30.8 Å². The number of carbonyl (C=O) groups excluding carboxylic acids is 1. The molecular weight excluding hydrogens is 470 g/mol. The van der Waals surface area contributed by atoms with Crippen molar-refractivity contribution in [2.75, 3.05) is 7.11 Å². The number of carboxylic acid groups (broad SMARTS) is 1. The summed E-state index contributed by atoms with van der Waals surface area (Å²) < 4.78 is 6.13. The molecule has 0 aliphatic heterocycles. The predicted octanol–water partition coefficient (Wildman–Crippen LogP) is 4.28. The standard InChI is InChI=1S/C28H29N5O4/c1-37-27(34)19-11-12-20(21(14-19)15-29)16-32(24-10-4-6-18-7-5-13-30-26(18)24)17-25-31-22-8-2-3-9-23(22)33(25)28(35)36/h2-3,5,7-9,11-14,24H,4,6,10,15-17,29H2,1H3,(H,35,36). The van der Waals surface area contributed by atoms with Gasteiger partial charge in [-0.1, -0.05) is 24.3 Å². The van der Waals surface area contributed by atoms with Gasteiger partial charge in [-0.3, -0.25) is 9.88 Å². The highest BCUT2D eigenvalue weighted by molar-refractivity contribution is 5.89. The molecule has 3 N–H and O–H groups in total. The zero-order valence-electron chi connectivity index (χ0n) is 20.6. The van der Waals surface area contributed by atoms with Crippen molar-refractivity contribution in [2.45, 2.75) is 44.9 Å². The lowest BCUT2D eigenvalue weighted by molar-refractivity contribution is 0.0600. The fourth-order valence-corrected chi connectivity index (χ4v) is 5.23. The zero-order valence-corrected chi connectivity index (χ0v) is 20.6. The first-order chi connectivity index (χ1) is 18.0. The molecule has 37 heavy (non-hydrogen) atoms. The van der Waals surface area contributed by atoms with E-state index in [9.17, 15) is 14.7 Å². The maximum absolute atomic E-state index is 12.3. The van der Waals surface area contributed by atoms with Crippen LogP contribution in [0.5, 0.6) is 0 Å². The van der Waals surface area contributed by atoms with Gasteiger partial charge in [0, 0.05) is 19.3 Å². The van der Waals surface area contributed by atoms with Crippen LogP contribution in [0.1, 0.15) is 57.5 Å². The summed E-state index contributed by atoms with van der Waals surface area (Å²) in [5.74, 6) is 0.0240. The Labute approximate surface area is 214 Å². The van der Waals surface area contributed by atoms with Crippen molar-refractivity contribution in [2.24, 2.45) is 5.73 Å². The summed E-state index contributed by atoms with van der Waals surface area (Å²) in [5, 5.41) is 10.0. The average Bonchev–Trinajstić information content (AvgIpc) is 3.30. The number of imidazole rings is 1. The second-order valence-electron chi connectivity index (χ2n) is 9.17. The second-order valence-corrected chi connectivity index (χ2v) is 9.17. The van der Waals surface area contributed by atoms with Crippen LogP contribution in [0.2, 0.25) is 0 Å². The highest BCUT2D eigenvalue weighted by Gasteiger charge is 2.30. The maximum Gasteiger partial charge on any atom is 0.417 e. The molecular formula is C28H29N5O4. The van der Waals surface area contributed by atoms with Gasteiger partial charge in [-0.15, -0.1) is 0 Å². The lowest BCUT2D eigenvalue weighted by Crippen LogP contribution is -2.33. The summed E-state index contributed by atoms with van der Waals surface area (Å²) in [6, 6.07) is 16.7. The molecule has 1 atom stereocenters. The Hall–Kier alpha value is -4.08. The van der Waals surface area contributed by atoms with Crippen LogP contribution in [0.25, 0.3) is 11.0 Å². The maximum atomic E-state index is 12.3. The molecule has 190 valence electrons. The molecule has 0 saturated heterocycles. The summed E-state index contributed by atoms with van der Waals surface area (Å²) in [7, 11) is 1.35. The fraction of sp³-hybridized carbons (Fsp3) is 0.286. The van der Waals surface area contributed by atoms with E-state index in [1.54, 1.807) is 24.4 Å². The topological polar surface area (TPSA) is 124 Å². The third-order valence-electron chi connectivity index (χ3n) is 6.99. The number of benzene rings is 2. The Morgan fingerprint density at radius 3 is 2.76 bits per heavy atom. The van der Waals surface area contributed by atoms with E-state index < -0.39 is 12.1 Å². The first-order valence-electron chi connectivity index (χ1n) is 12.3. The van der Waals surface area contributed by atoms with E-state index in [0.717, 1.165) is 36.1 Å². The van der Waals surface area contributed by atoms with Crippen LogP contribution < -0.4 is 5.73 Å². The molecule has 0 saturated carbocycles. The van der Waals surface area contributed by atoms with E-state index in [2.05, 4.69) is 11.0 Å². The molecule has 0 amide bonds. The molecule has 9 nitrogen and oxygen atoms in total. The molecule has 2 aromatic heterocycles. The quantitative estimate of drug-likeness (QED) is 0.361. The zero-order chi connectivity index (χ0) is 25.9. The number of fused-ring (bicyclic) bond motifs is 2. The van der Waals surface area contributed by atoms with Crippen molar-refractivity contribution >= 4 is 23.1 Å². The predicted molar refractivity (Wildman–Crippen MR) is 138 cm³/mol. The van der Waals surface area contributed by atoms with Crippen LogP contribution in [0, 0.1) is 0 Å². The molecule has 2 aromatic carbocycles. The van der Waals surface area contributed by atoms with Gasteiger partial charge in [0.05, 0.1) is 42.0 Å². The van der Waals surface area contributed by atoms with Crippen molar-refractivity contribution in [3.63, 3.8) is 0 Å². The highest BCUT2D eigenvalue weighted by atomic mass is 16.5. The molecule has 1 aliphatic rings. The van der Waals surface area contributed by atoms with Gasteiger partial charge in [-0.2, -0.15) is 0 Å². The monoisotopic (exact) mass is 499 g/mol. The second kappa shape index (κ2) is 10.5. The van der Waals surface area contributed by atoms with Crippen LogP contribution in [0.15, 0.2) is 60.8 Å².